The zero-order valence-corrected chi connectivity index (χ0v) is 12.7. The van der Waals surface area contributed by atoms with Crippen LogP contribution in [0.3, 0.4) is 0 Å². The van der Waals surface area contributed by atoms with E-state index in [1.54, 1.807) is 28.6 Å². The maximum atomic E-state index is 12.9. The lowest BCUT2D eigenvalue weighted by molar-refractivity contribution is 0.553. The fraction of sp³-hybridized carbons (Fsp3) is 0.429. The van der Waals surface area contributed by atoms with Crippen LogP contribution in [0.5, 0.6) is 0 Å². The second kappa shape index (κ2) is 4.49. The highest BCUT2D eigenvalue weighted by Gasteiger charge is 2.23. The summed E-state index contributed by atoms with van der Waals surface area (Å²) in [6.07, 6.45) is 6.49. The Bertz CT molecular complexity index is 891. The number of rotatable bonds is 2. The first-order valence-corrected chi connectivity index (χ1v) is 7.83. The molecule has 0 aliphatic heterocycles. The van der Waals surface area contributed by atoms with Gasteiger partial charge < -0.3 is 4.57 Å². The molecular weight excluding hydrogens is 286 g/mol. The molecule has 0 saturated heterocycles. The molecule has 1 aliphatic rings. The Balaban J connectivity index is 1.92. The van der Waals surface area contributed by atoms with E-state index in [1.807, 2.05) is 18.5 Å². The fourth-order valence-electron chi connectivity index (χ4n) is 3.07. The first-order valence-electron chi connectivity index (χ1n) is 7.02. The summed E-state index contributed by atoms with van der Waals surface area (Å²) >= 11 is 1.66. The zero-order valence-electron chi connectivity index (χ0n) is 11.9. The van der Waals surface area contributed by atoms with Crippen LogP contribution >= 0.6 is 11.3 Å². The Morgan fingerprint density at radius 3 is 2.95 bits per heavy atom. The van der Waals surface area contributed by atoms with Gasteiger partial charge in [-0.25, -0.2) is 4.98 Å². The van der Waals surface area contributed by atoms with E-state index in [0.29, 0.717) is 0 Å². The number of hydrogen-bond donors (Lipinski definition) is 0. The van der Waals surface area contributed by atoms with Crippen LogP contribution in [0, 0.1) is 0 Å². The molecule has 4 rings (SSSR count). The van der Waals surface area contributed by atoms with Crippen molar-refractivity contribution in [2.75, 3.05) is 0 Å². The number of nitrogens with zero attached hydrogens (tertiary/aromatic N) is 5. The second-order valence-electron chi connectivity index (χ2n) is 5.47. The molecule has 3 heterocycles. The zero-order chi connectivity index (χ0) is 14.6. The Morgan fingerprint density at radius 2 is 2.19 bits per heavy atom. The highest BCUT2D eigenvalue weighted by Crippen LogP contribution is 2.34. The van der Waals surface area contributed by atoms with Gasteiger partial charge in [-0.3, -0.25) is 9.36 Å². The maximum Gasteiger partial charge on any atom is 0.263 e. The van der Waals surface area contributed by atoms with Gasteiger partial charge >= 0.3 is 0 Å². The van der Waals surface area contributed by atoms with Gasteiger partial charge in [-0.05, 0) is 31.7 Å². The normalized spacial score (nSPS) is 15.5. The van der Waals surface area contributed by atoms with Gasteiger partial charge in [0.25, 0.3) is 5.56 Å². The summed E-state index contributed by atoms with van der Waals surface area (Å²) in [5.41, 5.74) is 1.25. The van der Waals surface area contributed by atoms with Crippen LogP contribution in [0.1, 0.15) is 35.7 Å². The molecule has 0 unspecified atom stereocenters. The third kappa shape index (κ3) is 1.77. The van der Waals surface area contributed by atoms with Crippen molar-refractivity contribution in [3.05, 3.63) is 39.3 Å². The summed E-state index contributed by atoms with van der Waals surface area (Å²) in [5, 5.41) is 8.80. The molecule has 0 fully saturated rings. The van der Waals surface area contributed by atoms with Gasteiger partial charge in [-0.1, -0.05) is 0 Å². The summed E-state index contributed by atoms with van der Waals surface area (Å²) in [7, 11) is 1.88. The van der Waals surface area contributed by atoms with E-state index in [9.17, 15) is 4.79 Å². The average molecular weight is 301 g/mol. The Hall–Kier alpha value is -2.02. The van der Waals surface area contributed by atoms with E-state index >= 15 is 0 Å². The molecule has 6 nitrogen and oxygen atoms in total. The van der Waals surface area contributed by atoms with Crippen molar-refractivity contribution >= 4 is 21.6 Å². The molecule has 0 radical (unpaired) electrons. The van der Waals surface area contributed by atoms with Crippen molar-refractivity contribution in [3.8, 4) is 0 Å². The SMILES string of the molecule is C[C@H](c1nncn1C)n1cnc2sc3c(c2c1=O)CCC3. The second-order valence-corrected chi connectivity index (χ2v) is 6.55. The van der Waals surface area contributed by atoms with Crippen LogP contribution in [-0.2, 0) is 19.9 Å². The number of aryl methyl sites for hydroxylation is 3. The quantitative estimate of drug-likeness (QED) is 0.722. The molecular formula is C14H15N5OS. The molecule has 7 heteroatoms. The minimum atomic E-state index is -0.182. The molecule has 0 spiro atoms. The molecule has 0 N–H and O–H groups in total. The first kappa shape index (κ1) is 12.7. The Labute approximate surface area is 125 Å². The molecule has 0 saturated carbocycles. The maximum absolute atomic E-state index is 12.9. The van der Waals surface area contributed by atoms with E-state index in [2.05, 4.69) is 15.2 Å². The molecule has 0 bridgehead atoms. The largest absolute Gasteiger partial charge is 0.319 e. The van der Waals surface area contributed by atoms with Crippen LogP contribution in [0.2, 0.25) is 0 Å². The average Bonchev–Trinajstić information content (AvgIpc) is 3.13. The third-order valence-corrected chi connectivity index (χ3v) is 5.39. The van der Waals surface area contributed by atoms with Crippen molar-refractivity contribution in [2.45, 2.75) is 32.2 Å². The molecule has 21 heavy (non-hydrogen) atoms. The van der Waals surface area contributed by atoms with Gasteiger partial charge in [0.1, 0.15) is 11.2 Å². The van der Waals surface area contributed by atoms with Gasteiger partial charge in [-0.2, -0.15) is 0 Å². The molecule has 3 aromatic heterocycles. The number of thiophene rings is 1. The van der Waals surface area contributed by atoms with Crippen molar-refractivity contribution in [2.24, 2.45) is 7.05 Å². The molecule has 108 valence electrons. The summed E-state index contributed by atoms with van der Waals surface area (Å²) in [4.78, 5) is 19.6. The van der Waals surface area contributed by atoms with E-state index in [-0.39, 0.29) is 11.6 Å². The number of hydrogen-bond acceptors (Lipinski definition) is 5. The predicted molar refractivity (Wildman–Crippen MR) is 80.7 cm³/mol. The van der Waals surface area contributed by atoms with Crippen molar-refractivity contribution in [1.82, 2.24) is 24.3 Å². The fourth-order valence-corrected chi connectivity index (χ4v) is 4.29. The standard InChI is InChI=1S/C14H15N5OS/c1-8(12-17-16-7-18(12)2)19-6-15-13-11(14(19)20)9-4-3-5-10(9)21-13/h6-8H,3-5H2,1-2H3/t8-/m1/s1. The minimum Gasteiger partial charge on any atom is -0.319 e. The van der Waals surface area contributed by atoms with Crippen molar-refractivity contribution in [1.29, 1.82) is 0 Å². The summed E-state index contributed by atoms with van der Waals surface area (Å²) < 4.78 is 3.50. The van der Waals surface area contributed by atoms with Crippen molar-refractivity contribution < 1.29 is 0 Å². The lowest BCUT2D eigenvalue weighted by atomic mass is 10.2. The van der Waals surface area contributed by atoms with Gasteiger partial charge in [-0.15, -0.1) is 21.5 Å². The predicted octanol–water partition coefficient (Wildman–Crippen LogP) is 1.68. The Kier molecular flexibility index (Phi) is 2.72. The van der Waals surface area contributed by atoms with Crippen LogP contribution in [0.4, 0.5) is 0 Å². The van der Waals surface area contributed by atoms with E-state index in [4.69, 9.17) is 0 Å². The van der Waals surface area contributed by atoms with Gasteiger partial charge in [0.05, 0.1) is 17.8 Å². The molecule has 0 aromatic carbocycles. The smallest absolute Gasteiger partial charge is 0.263 e. The lowest BCUT2D eigenvalue weighted by Crippen LogP contribution is -2.26. The van der Waals surface area contributed by atoms with Crippen LogP contribution in [-0.4, -0.2) is 24.3 Å². The highest BCUT2D eigenvalue weighted by atomic mass is 32.1. The monoisotopic (exact) mass is 301 g/mol. The van der Waals surface area contributed by atoms with Crippen LogP contribution in [0.15, 0.2) is 17.4 Å². The number of aromatic nitrogens is 5. The van der Waals surface area contributed by atoms with Gasteiger partial charge in [0, 0.05) is 11.9 Å². The van der Waals surface area contributed by atoms with Gasteiger partial charge in [0.2, 0.25) is 0 Å². The topological polar surface area (TPSA) is 65.6 Å². The summed E-state index contributed by atoms with van der Waals surface area (Å²) in [6.45, 7) is 1.95. The Morgan fingerprint density at radius 1 is 1.33 bits per heavy atom. The lowest BCUT2D eigenvalue weighted by Gasteiger charge is -2.13. The molecule has 3 aromatic rings. The third-order valence-electron chi connectivity index (χ3n) is 4.19. The highest BCUT2D eigenvalue weighted by molar-refractivity contribution is 7.18. The molecule has 1 atom stereocenters. The number of fused-ring (bicyclic) bond motifs is 3. The van der Waals surface area contributed by atoms with E-state index in [1.165, 1.54) is 10.4 Å². The summed E-state index contributed by atoms with van der Waals surface area (Å²) in [6, 6.07) is -0.182. The van der Waals surface area contributed by atoms with Crippen LogP contribution in [0.25, 0.3) is 10.2 Å². The van der Waals surface area contributed by atoms with Crippen LogP contribution < -0.4 is 5.56 Å². The van der Waals surface area contributed by atoms with Gasteiger partial charge in [0.15, 0.2) is 5.82 Å². The molecule has 1 aliphatic carbocycles. The van der Waals surface area contributed by atoms with E-state index < -0.39 is 0 Å². The van der Waals surface area contributed by atoms with E-state index in [0.717, 1.165) is 35.3 Å². The first-order chi connectivity index (χ1) is 10.2. The minimum absolute atomic E-state index is 0.0369. The summed E-state index contributed by atoms with van der Waals surface area (Å²) in [5.74, 6) is 0.755. The van der Waals surface area contributed by atoms with Crippen molar-refractivity contribution in [3.63, 3.8) is 0 Å². The molecule has 0 amide bonds.